The van der Waals surface area contributed by atoms with Gasteiger partial charge in [0.05, 0.1) is 5.92 Å². The van der Waals surface area contributed by atoms with Gasteiger partial charge in [-0.2, -0.15) is 0 Å². The summed E-state index contributed by atoms with van der Waals surface area (Å²) < 4.78 is 1.18. The molecule has 3 heteroatoms. The van der Waals surface area contributed by atoms with E-state index in [1.165, 1.54) is 17.3 Å². The monoisotopic (exact) mass is 284 g/mol. The van der Waals surface area contributed by atoms with Crippen molar-refractivity contribution >= 4 is 28.6 Å². The molecule has 0 fully saturated rings. The lowest BCUT2D eigenvalue weighted by Gasteiger charge is -2.07. The molecule has 0 radical (unpaired) electrons. The Morgan fingerprint density at radius 3 is 2.50 bits per heavy atom. The van der Waals surface area contributed by atoms with Crippen molar-refractivity contribution in [3.8, 4) is 0 Å². The summed E-state index contributed by atoms with van der Waals surface area (Å²) in [4.78, 5) is 10.6. The Bertz CT molecular complexity index is 126. The number of carboxylic acids is 1. The first-order chi connectivity index (χ1) is 5.72. The Labute approximate surface area is 87.9 Å². The van der Waals surface area contributed by atoms with Crippen LogP contribution in [0.1, 0.15) is 39.0 Å². The van der Waals surface area contributed by atoms with Crippen molar-refractivity contribution < 1.29 is 9.90 Å². The predicted molar refractivity (Wildman–Crippen MR) is 58.8 cm³/mol. The molecule has 0 amide bonds. The molecule has 0 bridgehead atoms. The van der Waals surface area contributed by atoms with Gasteiger partial charge in [0.25, 0.3) is 0 Å². The van der Waals surface area contributed by atoms with Crippen LogP contribution >= 0.6 is 22.6 Å². The van der Waals surface area contributed by atoms with Crippen LogP contribution < -0.4 is 0 Å². The number of carboxylic acid groups (broad SMARTS) is 1. The molecule has 72 valence electrons. The van der Waals surface area contributed by atoms with Crippen molar-refractivity contribution in [2.24, 2.45) is 5.92 Å². The van der Waals surface area contributed by atoms with Gasteiger partial charge in [-0.05, 0) is 23.7 Å². The van der Waals surface area contributed by atoms with E-state index in [1.54, 1.807) is 0 Å². The molecule has 0 rings (SSSR count). The highest BCUT2D eigenvalue weighted by Gasteiger charge is 2.13. The van der Waals surface area contributed by atoms with Gasteiger partial charge < -0.3 is 5.11 Å². The average Bonchev–Trinajstić information content (AvgIpc) is 2.04. The second-order valence-electron chi connectivity index (χ2n) is 2.98. The van der Waals surface area contributed by atoms with Gasteiger partial charge in [-0.1, -0.05) is 42.4 Å². The number of rotatable bonds is 7. The third kappa shape index (κ3) is 5.80. The van der Waals surface area contributed by atoms with E-state index >= 15 is 0 Å². The van der Waals surface area contributed by atoms with Crippen molar-refractivity contribution in [2.45, 2.75) is 39.0 Å². The van der Waals surface area contributed by atoms with Gasteiger partial charge >= 0.3 is 5.97 Å². The summed E-state index contributed by atoms with van der Waals surface area (Å²) in [5, 5.41) is 8.73. The largest absolute Gasteiger partial charge is 0.481 e. The number of unbranched alkanes of at least 4 members (excludes halogenated alkanes) is 2. The number of hydrogen-bond acceptors (Lipinski definition) is 1. The molecular formula is C9H17IO2. The molecule has 0 saturated heterocycles. The maximum atomic E-state index is 10.6. The lowest BCUT2D eigenvalue weighted by atomic mass is 9.99. The number of hydrogen-bond donors (Lipinski definition) is 1. The first-order valence-electron chi connectivity index (χ1n) is 4.51. The number of halogens is 1. The first kappa shape index (κ1) is 12.2. The van der Waals surface area contributed by atoms with Crippen LogP contribution in [-0.4, -0.2) is 15.5 Å². The van der Waals surface area contributed by atoms with E-state index in [4.69, 9.17) is 5.11 Å². The van der Waals surface area contributed by atoms with E-state index < -0.39 is 5.97 Å². The molecule has 0 aromatic heterocycles. The van der Waals surface area contributed by atoms with Crippen molar-refractivity contribution in [1.29, 1.82) is 0 Å². The van der Waals surface area contributed by atoms with E-state index in [0.717, 1.165) is 19.3 Å². The Morgan fingerprint density at radius 2 is 2.08 bits per heavy atom. The van der Waals surface area contributed by atoms with Gasteiger partial charge in [-0.25, -0.2) is 0 Å². The quantitative estimate of drug-likeness (QED) is 0.443. The summed E-state index contributed by atoms with van der Waals surface area (Å²) in [7, 11) is 0. The molecular weight excluding hydrogens is 267 g/mol. The normalized spacial score (nSPS) is 12.8. The molecule has 0 aromatic rings. The Balaban J connectivity index is 3.38. The highest BCUT2D eigenvalue weighted by Crippen LogP contribution is 2.13. The van der Waals surface area contributed by atoms with Crippen LogP contribution in [0.4, 0.5) is 0 Å². The summed E-state index contributed by atoms with van der Waals surface area (Å²) in [5.74, 6) is -0.744. The molecule has 0 aromatic carbocycles. The second kappa shape index (κ2) is 7.83. The molecule has 12 heavy (non-hydrogen) atoms. The smallest absolute Gasteiger partial charge is 0.306 e. The van der Waals surface area contributed by atoms with Crippen molar-refractivity contribution in [1.82, 2.24) is 0 Å². The predicted octanol–water partition coefficient (Wildman–Crippen LogP) is 3.09. The molecule has 1 atom stereocenters. The van der Waals surface area contributed by atoms with E-state index in [0.29, 0.717) is 0 Å². The summed E-state index contributed by atoms with van der Waals surface area (Å²) in [6.07, 6.45) is 5.07. The Morgan fingerprint density at radius 1 is 1.42 bits per heavy atom. The fraction of sp³-hybridized carbons (Fsp3) is 0.889. The van der Waals surface area contributed by atoms with E-state index in [1.807, 2.05) is 6.92 Å². The molecule has 0 aliphatic carbocycles. The van der Waals surface area contributed by atoms with Gasteiger partial charge in [0.15, 0.2) is 0 Å². The zero-order chi connectivity index (χ0) is 9.40. The lowest BCUT2D eigenvalue weighted by Crippen LogP contribution is -2.12. The summed E-state index contributed by atoms with van der Waals surface area (Å²) >= 11 is 2.35. The maximum Gasteiger partial charge on any atom is 0.306 e. The van der Waals surface area contributed by atoms with Crippen molar-refractivity contribution in [2.75, 3.05) is 4.43 Å². The van der Waals surface area contributed by atoms with Crippen LogP contribution in [0, 0.1) is 5.92 Å². The molecule has 0 heterocycles. The molecule has 0 aliphatic heterocycles. The fourth-order valence-electron chi connectivity index (χ4n) is 1.16. The average molecular weight is 284 g/mol. The van der Waals surface area contributed by atoms with Crippen LogP contribution in [0.25, 0.3) is 0 Å². The third-order valence-electron chi connectivity index (χ3n) is 2.03. The molecule has 1 unspecified atom stereocenters. The van der Waals surface area contributed by atoms with Crippen LogP contribution in [0.15, 0.2) is 0 Å². The van der Waals surface area contributed by atoms with Crippen LogP contribution in [-0.2, 0) is 4.79 Å². The standard InChI is InChI=1S/C9H17IO2/c1-2-8(9(11)12)6-4-3-5-7-10/h8H,2-7H2,1H3,(H,11,12). The SMILES string of the molecule is CCC(CCCCCI)C(=O)O. The zero-order valence-electron chi connectivity index (χ0n) is 7.55. The van der Waals surface area contributed by atoms with E-state index in [2.05, 4.69) is 22.6 Å². The summed E-state index contributed by atoms with van der Waals surface area (Å²) in [5.41, 5.74) is 0. The molecule has 2 nitrogen and oxygen atoms in total. The highest BCUT2D eigenvalue weighted by molar-refractivity contribution is 14.1. The maximum absolute atomic E-state index is 10.6. The number of carbonyl (C=O) groups is 1. The molecule has 0 aliphatic rings. The minimum Gasteiger partial charge on any atom is -0.481 e. The van der Waals surface area contributed by atoms with E-state index in [9.17, 15) is 4.79 Å². The minimum absolute atomic E-state index is 0.112. The summed E-state index contributed by atoms with van der Waals surface area (Å²) in [6, 6.07) is 0. The van der Waals surface area contributed by atoms with E-state index in [-0.39, 0.29) is 5.92 Å². The second-order valence-corrected chi connectivity index (χ2v) is 4.06. The van der Waals surface area contributed by atoms with Gasteiger partial charge in [-0.3, -0.25) is 4.79 Å². The number of aliphatic carboxylic acids is 1. The number of alkyl halides is 1. The van der Waals surface area contributed by atoms with Crippen molar-refractivity contribution in [3.63, 3.8) is 0 Å². The minimum atomic E-state index is -0.632. The van der Waals surface area contributed by atoms with Gasteiger partial charge in [0.1, 0.15) is 0 Å². The third-order valence-corrected chi connectivity index (χ3v) is 2.79. The lowest BCUT2D eigenvalue weighted by molar-refractivity contribution is -0.142. The van der Waals surface area contributed by atoms with Gasteiger partial charge in [-0.15, -0.1) is 0 Å². The van der Waals surface area contributed by atoms with Gasteiger partial charge in [0.2, 0.25) is 0 Å². The fourth-order valence-corrected chi connectivity index (χ4v) is 1.70. The highest BCUT2D eigenvalue weighted by atomic mass is 127. The Kier molecular flexibility index (Phi) is 7.96. The molecule has 0 spiro atoms. The first-order valence-corrected chi connectivity index (χ1v) is 6.03. The molecule has 1 N–H and O–H groups in total. The molecule has 0 saturated carbocycles. The van der Waals surface area contributed by atoms with Crippen molar-refractivity contribution in [3.05, 3.63) is 0 Å². The van der Waals surface area contributed by atoms with Gasteiger partial charge in [0, 0.05) is 0 Å². The topological polar surface area (TPSA) is 37.3 Å². The van der Waals surface area contributed by atoms with Crippen LogP contribution in [0.5, 0.6) is 0 Å². The zero-order valence-corrected chi connectivity index (χ0v) is 9.71. The summed E-state index contributed by atoms with van der Waals surface area (Å²) in [6.45, 7) is 1.94. The van der Waals surface area contributed by atoms with Crippen LogP contribution in [0.3, 0.4) is 0 Å². The Hall–Kier alpha value is 0.200. The van der Waals surface area contributed by atoms with Crippen LogP contribution in [0.2, 0.25) is 0 Å².